The predicted octanol–water partition coefficient (Wildman–Crippen LogP) is 4.15. The molecule has 0 aliphatic rings. The molecule has 0 atom stereocenters. The van der Waals surface area contributed by atoms with Crippen LogP contribution in [0.25, 0.3) is 0 Å². The minimum absolute atomic E-state index is 0.548. The van der Waals surface area contributed by atoms with Gasteiger partial charge in [0.2, 0.25) is 0 Å². The highest BCUT2D eigenvalue weighted by Crippen LogP contribution is 2.34. The van der Waals surface area contributed by atoms with Crippen molar-refractivity contribution >= 4 is 0 Å². The molecule has 0 aliphatic heterocycles. The van der Waals surface area contributed by atoms with Crippen LogP contribution in [0.5, 0.6) is 0 Å². The molecule has 0 N–H and O–H groups in total. The Balaban J connectivity index is 3.34. The monoisotopic (exact) mass is 246 g/mol. The van der Waals surface area contributed by atoms with Gasteiger partial charge in [0, 0.05) is 7.11 Å². The van der Waals surface area contributed by atoms with Gasteiger partial charge in [-0.25, -0.2) is 0 Å². The van der Waals surface area contributed by atoms with E-state index in [9.17, 15) is 13.2 Å². The van der Waals surface area contributed by atoms with Crippen LogP contribution in [-0.2, 0) is 22.9 Å². The van der Waals surface area contributed by atoms with Crippen molar-refractivity contribution in [1.82, 2.24) is 0 Å². The van der Waals surface area contributed by atoms with Crippen LogP contribution in [0.4, 0.5) is 13.2 Å². The molecule has 0 spiro atoms. The van der Waals surface area contributed by atoms with Crippen LogP contribution in [0.3, 0.4) is 0 Å². The summed E-state index contributed by atoms with van der Waals surface area (Å²) in [6.07, 6.45) is -3.75. The van der Waals surface area contributed by atoms with E-state index in [4.69, 9.17) is 4.74 Å². The fraction of sp³-hybridized carbons (Fsp3) is 0.538. The second-order valence-corrected chi connectivity index (χ2v) is 4.48. The number of ether oxygens (including phenoxy) is 1. The molecule has 4 heteroatoms. The number of rotatable bonds is 3. The second-order valence-electron chi connectivity index (χ2n) is 4.48. The molecule has 0 saturated heterocycles. The molecule has 0 aliphatic carbocycles. The van der Waals surface area contributed by atoms with Gasteiger partial charge in [0.25, 0.3) is 0 Å². The molecule has 0 radical (unpaired) electrons. The van der Waals surface area contributed by atoms with Gasteiger partial charge >= 0.3 is 6.18 Å². The number of hydrogen-bond acceptors (Lipinski definition) is 1. The van der Waals surface area contributed by atoms with Gasteiger partial charge in [0.15, 0.2) is 0 Å². The highest BCUT2D eigenvalue weighted by Gasteiger charge is 2.32. The van der Waals surface area contributed by atoms with Gasteiger partial charge in [-0.05, 0) is 43.5 Å². The number of methoxy groups -OCH3 is 1. The number of hydrogen-bond donors (Lipinski definition) is 0. The number of halogens is 3. The van der Waals surface area contributed by atoms with Gasteiger partial charge < -0.3 is 4.74 Å². The molecule has 1 nitrogen and oxygen atoms in total. The van der Waals surface area contributed by atoms with Gasteiger partial charge in [0.05, 0.1) is 11.2 Å². The zero-order valence-electron chi connectivity index (χ0n) is 10.5. The van der Waals surface area contributed by atoms with Crippen molar-refractivity contribution in [2.45, 2.75) is 39.0 Å². The molecule has 0 bridgehead atoms. The summed E-state index contributed by atoms with van der Waals surface area (Å²) in [5.74, 6) is 0. The summed E-state index contributed by atoms with van der Waals surface area (Å²) in [5, 5.41) is 0. The second kappa shape index (κ2) is 4.69. The first kappa shape index (κ1) is 14.0. The van der Waals surface area contributed by atoms with Crippen LogP contribution in [0.1, 0.15) is 37.5 Å². The summed E-state index contributed by atoms with van der Waals surface area (Å²) >= 11 is 0. The summed E-state index contributed by atoms with van der Waals surface area (Å²) < 4.78 is 43.4. The van der Waals surface area contributed by atoms with E-state index in [1.54, 1.807) is 19.9 Å². The van der Waals surface area contributed by atoms with Crippen molar-refractivity contribution in [2.75, 3.05) is 7.11 Å². The molecule has 17 heavy (non-hydrogen) atoms. The quantitative estimate of drug-likeness (QED) is 0.778. The maximum Gasteiger partial charge on any atom is 0.416 e. The Kier molecular flexibility index (Phi) is 3.87. The van der Waals surface area contributed by atoms with E-state index in [2.05, 4.69) is 0 Å². The maximum atomic E-state index is 12.7. The van der Waals surface area contributed by atoms with Crippen LogP contribution in [0.2, 0.25) is 0 Å². The first-order chi connectivity index (χ1) is 7.70. The summed E-state index contributed by atoms with van der Waals surface area (Å²) in [5.41, 5.74) is -0.117. The average molecular weight is 246 g/mol. The minimum atomic E-state index is -4.32. The van der Waals surface area contributed by atoms with E-state index in [1.165, 1.54) is 13.2 Å². The van der Waals surface area contributed by atoms with E-state index < -0.39 is 17.3 Å². The lowest BCUT2D eigenvalue weighted by Crippen LogP contribution is -2.21. The Hall–Kier alpha value is -1.03. The van der Waals surface area contributed by atoms with Crippen molar-refractivity contribution < 1.29 is 17.9 Å². The standard InChI is InChI=1S/C13H17F3O/c1-5-9-6-10(12(2,3)17-4)8-11(7-9)13(14,15)16/h6-8H,5H2,1-4H3. The zero-order valence-corrected chi connectivity index (χ0v) is 10.5. The van der Waals surface area contributed by atoms with Crippen molar-refractivity contribution in [2.24, 2.45) is 0 Å². The molecule has 96 valence electrons. The molecule has 0 aromatic heterocycles. The van der Waals surface area contributed by atoms with Crippen LogP contribution >= 0.6 is 0 Å². The third kappa shape index (κ3) is 3.22. The third-order valence-corrected chi connectivity index (χ3v) is 2.93. The van der Waals surface area contributed by atoms with Crippen molar-refractivity contribution in [1.29, 1.82) is 0 Å². The lowest BCUT2D eigenvalue weighted by Gasteiger charge is -2.25. The van der Waals surface area contributed by atoms with Gasteiger partial charge in [-0.3, -0.25) is 0 Å². The van der Waals surface area contributed by atoms with Gasteiger partial charge in [0.1, 0.15) is 0 Å². The summed E-state index contributed by atoms with van der Waals surface area (Å²) in [4.78, 5) is 0. The van der Waals surface area contributed by atoms with E-state index in [1.807, 2.05) is 6.92 Å². The molecule has 1 rings (SSSR count). The third-order valence-electron chi connectivity index (χ3n) is 2.93. The molecule has 0 unspecified atom stereocenters. The predicted molar refractivity (Wildman–Crippen MR) is 60.9 cm³/mol. The van der Waals surface area contributed by atoms with E-state index in [-0.39, 0.29) is 0 Å². The van der Waals surface area contributed by atoms with Crippen LogP contribution in [0, 0.1) is 0 Å². The molecule has 0 fully saturated rings. The SMILES string of the molecule is CCc1cc(C(F)(F)F)cc(C(C)(C)OC)c1. The molecule has 0 amide bonds. The van der Waals surface area contributed by atoms with Gasteiger partial charge in [-0.1, -0.05) is 13.0 Å². The largest absolute Gasteiger partial charge is 0.416 e. The Labute approximate surface area is 99.6 Å². The normalized spacial score (nSPS) is 12.9. The van der Waals surface area contributed by atoms with E-state index in [0.717, 1.165) is 6.07 Å². The topological polar surface area (TPSA) is 9.23 Å². The van der Waals surface area contributed by atoms with Crippen LogP contribution < -0.4 is 0 Å². The highest BCUT2D eigenvalue weighted by molar-refractivity contribution is 5.34. The number of alkyl halides is 3. The fourth-order valence-corrected chi connectivity index (χ4v) is 1.53. The molecule has 0 saturated carbocycles. The maximum absolute atomic E-state index is 12.7. The van der Waals surface area contributed by atoms with Gasteiger partial charge in [-0.2, -0.15) is 13.2 Å². The summed E-state index contributed by atoms with van der Waals surface area (Å²) in [6, 6.07) is 4.11. The zero-order chi connectivity index (χ0) is 13.3. The van der Waals surface area contributed by atoms with E-state index in [0.29, 0.717) is 17.5 Å². The van der Waals surface area contributed by atoms with Crippen molar-refractivity contribution in [3.63, 3.8) is 0 Å². The Morgan fingerprint density at radius 2 is 1.59 bits per heavy atom. The summed E-state index contributed by atoms with van der Waals surface area (Å²) in [7, 11) is 1.49. The Morgan fingerprint density at radius 3 is 2.00 bits per heavy atom. The average Bonchev–Trinajstić information content (AvgIpc) is 2.27. The first-order valence-electron chi connectivity index (χ1n) is 5.47. The lowest BCUT2D eigenvalue weighted by molar-refractivity contribution is -0.137. The van der Waals surface area contributed by atoms with Crippen LogP contribution in [0.15, 0.2) is 18.2 Å². The van der Waals surface area contributed by atoms with Crippen molar-refractivity contribution in [3.05, 3.63) is 34.9 Å². The van der Waals surface area contributed by atoms with Crippen molar-refractivity contribution in [3.8, 4) is 0 Å². The Bertz CT molecular complexity index is 394. The number of benzene rings is 1. The minimum Gasteiger partial charge on any atom is -0.374 e. The lowest BCUT2D eigenvalue weighted by atomic mass is 9.93. The highest BCUT2D eigenvalue weighted by atomic mass is 19.4. The van der Waals surface area contributed by atoms with Gasteiger partial charge in [-0.15, -0.1) is 0 Å². The molecule has 1 aromatic rings. The summed E-state index contributed by atoms with van der Waals surface area (Å²) in [6.45, 7) is 5.34. The molecular weight excluding hydrogens is 229 g/mol. The molecular formula is C13H17F3O. The fourth-order valence-electron chi connectivity index (χ4n) is 1.53. The molecule has 0 heterocycles. The van der Waals surface area contributed by atoms with Crippen LogP contribution in [-0.4, -0.2) is 7.11 Å². The number of aryl methyl sites for hydroxylation is 1. The molecule has 1 aromatic carbocycles. The first-order valence-corrected chi connectivity index (χ1v) is 5.47. The van der Waals surface area contributed by atoms with E-state index >= 15 is 0 Å². The smallest absolute Gasteiger partial charge is 0.374 e. The Morgan fingerprint density at radius 1 is 1.06 bits per heavy atom.